The van der Waals surface area contributed by atoms with Crippen molar-refractivity contribution in [1.29, 1.82) is 0 Å². The van der Waals surface area contributed by atoms with Crippen LogP contribution in [0.4, 0.5) is 4.79 Å². The van der Waals surface area contributed by atoms with Crippen molar-refractivity contribution in [1.82, 2.24) is 14.7 Å². The summed E-state index contributed by atoms with van der Waals surface area (Å²) in [6, 6.07) is 12.8. The molecule has 0 radical (unpaired) electrons. The molecule has 2 aromatic carbocycles. The number of rotatable bonds is 12. The molecule has 0 spiro atoms. The van der Waals surface area contributed by atoms with Gasteiger partial charge < -0.3 is 24.3 Å². The van der Waals surface area contributed by atoms with Gasteiger partial charge in [-0.15, -0.1) is 0 Å². The Balaban J connectivity index is 1.20. The molecule has 0 bridgehead atoms. The van der Waals surface area contributed by atoms with Crippen LogP contribution in [0.3, 0.4) is 0 Å². The second-order valence-corrected chi connectivity index (χ2v) is 12.8. The Labute approximate surface area is 231 Å². The number of alkyl carbamates (subject to hydrolysis) is 1. The first-order valence-electron chi connectivity index (χ1n) is 12.5. The van der Waals surface area contributed by atoms with E-state index in [9.17, 15) is 13.2 Å². The molecule has 0 aliphatic carbocycles. The lowest BCUT2D eigenvalue weighted by Crippen LogP contribution is -2.34. The fourth-order valence-electron chi connectivity index (χ4n) is 3.68. The molecule has 10 nitrogen and oxygen atoms in total. The summed E-state index contributed by atoms with van der Waals surface area (Å²) in [5.74, 6) is 0.708. The summed E-state index contributed by atoms with van der Waals surface area (Å²) in [5, 5.41) is 2.63. The lowest BCUT2D eigenvalue weighted by Gasteiger charge is -2.19. The number of hydrogen-bond donors (Lipinski definition) is 1. The smallest absolute Gasteiger partial charge is 0.407 e. The van der Waals surface area contributed by atoms with E-state index < -0.39 is 21.5 Å². The molecular weight excluding hydrogens is 542 g/mol. The highest BCUT2D eigenvalue weighted by molar-refractivity contribution is 7.90. The SMILES string of the molecule is CC(C)(C)OC(=O)NCCOCCOCCOc1cccc(-c2cn3c(n2)sc2cc(S(C)(=O)=O)ccc23)c1. The number of fused-ring (bicyclic) bond motifs is 3. The van der Waals surface area contributed by atoms with Gasteiger partial charge in [-0.3, -0.25) is 4.40 Å². The van der Waals surface area contributed by atoms with E-state index in [1.54, 1.807) is 12.1 Å². The van der Waals surface area contributed by atoms with Crippen LogP contribution in [0.25, 0.3) is 26.4 Å². The number of amides is 1. The van der Waals surface area contributed by atoms with Crippen LogP contribution in [-0.4, -0.2) is 75.3 Å². The third kappa shape index (κ3) is 8.15. The van der Waals surface area contributed by atoms with Crippen LogP contribution in [-0.2, 0) is 24.0 Å². The average Bonchev–Trinajstić information content (AvgIpc) is 3.41. The molecule has 0 saturated heterocycles. The third-order valence-corrected chi connectivity index (χ3v) is 7.53. The molecule has 0 unspecified atom stereocenters. The van der Waals surface area contributed by atoms with Crippen LogP contribution in [0.1, 0.15) is 20.8 Å². The second-order valence-electron chi connectivity index (χ2n) is 9.81. The number of sulfone groups is 1. The first-order valence-corrected chi connectivity index (χ1v) is 15.2. The largest absolute Gasteiger partial charge is 0.491 e. The van der Waals surface area contributed by atoms with E-state index in [1.165, 1.54) is 17.6 Å². The van der Waals surface area contributed by atoms with Gasteiger partial charge in [0.15, 0.2) is 14.8 Å². The monoisotopic (exact) mass is 575 g/mol. The van der Waals surface area contributed by atoms with E-state index in [-0.39, 0.29) is 0 Å². The third-order valence-electron chi connectivity index (χ3n) is 5.41. The van der Waals surface area contributed by atoms with E-state index in [0.29, 0.717) is 50.2 Å². The standard InChI is InChI=1S/C27H33N3O7S2/c1-27(2,3)37-26(31)28-10-11-34-12-13-35-14-15-36-20-7-5-6-19(16-20)22-18-30-23-9-8-21(39(4,32)33)17-24(23)38-25(30)29-22/h5-9,16-18H,10-15H2,1-4H3,(H,28,31). The normalized spacial score (nSPS) is 12.2. The minimum Gasteiger partial charge on any atom is -0.491 e. The quantitative estimate of drug-likeness (QED) is 0.245. The van der Waals surface area contributed by atoms with Crippen LogP contribution in [0.15, 0.2) is 53.6 Å². The Morgan fingerprint density at radius 1 is 1.03 bits per heavy atom. The van der Waals surface area contributed by atoms with Gasteiger partial charge in [-0.2, -0.15) is 0 Å². The zero-order valence-electron chi connectivity index (χ0n) is 22.4. The molecule has 0 aliphatic heterocycles. The fraction of sp³-hybridized carbons (Fsp3) is 0.407. The molecule has 0 saturated carbocycles. The van der Waals surface area contributed by atoms with Crippen LogP contribution < -0.4 is 10.1 Å². The number of nitrogens with zero attached hydrogens (tertiary/aromatic N) is 2. The van der Waals surface area contributed by atoms with Crippen molar-refractivity contribution in [2.24, 2.45) is 0 Å². The van der Waals surface area contributed by atoms with Gasteiger partial charge in [0.1, 0.15) is 18.0 Å². The predicted molar refractivity (Wildman–Crippen MR) is 150 cm³/mol. The number of ether oxygens (including phenoxy) is 4. The molecule has 4 rings (SSSR count). The zero-order chi connectivity index (χ0) is 28.0. The average molecular weight is 576 g/mol. The van der Waals surface area contributed by atoms with E-state index in [2.05, 4.69) is 5.32 Å². The van der Waals surface area contributed by atoms with Gasteiger partial charge in [-0.1, -0.05) is 23.5 Å². The van der Waals surface area contributed by atoms with Crippen LogP contribution in [0, 0.1) is 0 Å². The van der Waals surface area contributed by atoms with Gasteiger partial charge in [0.25, 0.3) is 0 Å². The topological polar surface area (TPSA) is 117 Å². The van der Waals surface area contributed by atoms with Crippen molar-refractivity contribution in [3.63, 3.8) is 0 Å². The molecule has 210 valence electrons. The summed E-state index contributed by atoms with van der Waals surface area (Å²) < 4.78 is 48.6. The van der Waals surface area contributed by atoms with Crippen molar-refractivity contribution in [3.8, 4) is 17.0 Å². The summed E-state index contributed by atoms with van der Waals surface area (Å²) in [4.78, 5) is 17.4. The minimum absolute atomic E-state index is 0.300. The highest BCUT2D eigenvalue weighted by Gasteiger charge is 2.16. The maximum atomic E-state index is 11.9. The van der Waals surface area contributed by atoms with Crippen molar-refractivity contribution in [2.45, 2.75) is 31.3 Å². The van der Waals surface area contributed by atoms with Crippen LogP contribution in [0.2, 0.25) is 0 Å². The Hall–Kier alpha value is -3.19. The van der Waals surface area contributed by atoms with E-state index in [1.807, 2.05) is 61.7 Å². The molecule has 2 aromatic heterocycles. The highest BCUT2D eigenvalue weighted by atomic mass is 32.2. The maximum absolute atomic E-state index is 11.9. The Kier molecular flexibility index (Phi) is 9.11. The van der Waals surface area contributed by atoms with E-state index >= 15 is 0 Å². The number of aromatic nitrogens is 2. The van der Waals surface area contributed by atoms with Crippen molar-refractivity contribution < 1.29 is 32.2 Å². The zero-order valence-corrected chi connectivity index (χ0v) is 24.1. The summed E-state index contributed by atoms with van der Waals surface area (Å²) >= 11 is 1.45. The van der Waals surface area contributed by atoms with Crippen LogP contribution >= 0.6 is 11.3 Å². The summed E-state index contributed by atoms with van der Waals surface area (Å²) in [6.45, 7) is 7.79. The highest BCUT2D eigenvalue weighted by Crippen LogP contribution is 2.32. The van der Waals surface area contributed by atoms with Crippen LogP contribution in [0.5, 0.6) is 5.75 Å². The number of imidazole rings is 1. The number of thiazole rings is 1. The lowest BCUT2D eigenvalue weighted by atomic mass is 10.1. The van der Waals surface area contributed by atoms with E-state index in [4.69, 9.17) is 23.9 Å². The maximum Gasteiger partial charge on any atom is 0.407 e. The Bertz CT molecular complexity index is 1540. The number of hydrogen-bond acceptors (Lipinski definition) is 9. The number of benzene rings is 2. The molecule has 0 fully saturated rings. The van der Waals surface area contributed by atoms with Crippen molar-refractivity contribution in [2.75, 3.05) is 45.8 Å². The number of carbonyl (C=O) groups excluding carboxylic acids is 1. The van der Waals surface area contributed by atoms with Gasteiger partial charge in [0, 0.05) is 24.6 Å². The van der Waals surface area contributed by atoms with Gasteiger partial charge in [0.05, 0.1) is 47.2 Å². The first kappa shape index (κ1) is 28.8. The predicted octanol–water partition coefficient (Wildman–Crippen LogP) is 4.56. The van der Waals surface area contributed by atoms with Gasteiger partial charge in [-0.05, 0) is 51.1 Å². The van der Waals surface area contributed by atoms with E-state index in [0.717, 1.165) is 26.4 Å². The lowest BCUT2D eigenvalue weighted by molar-refractivity contribution is 0.0328. The molecule has 2 heterocycles. The first-order chi connectivity index (χ1) is 18.5. The molecule has 12 heteroatoms. The fourth-order valence-corrected chi connectivity index (χ4v) is 5.44. The van der Waals surface area contributed by atoms with Crippen molar-refractivity contribution >= 4 is 42.4 Å². The van der Waals surface area contributed by atoms with Gasteiger partial charge >= 0.3 is 6.09 Å². The Morgan fingerprint density at radius 2 is 1.77 bits per heavy atom. The molecule has 0 aliphatic rings. The summed E-state index contributed by atoms with van der Waals surface area (Å²) in [6.07, 6.45) is 2.69. The molecular formula is C27H33N3O7S2. The molecule has 39 heavy (non-hydrogen) atoms. The number of carbonyl (C=O) groups is 1. The molecule has 1 N–H and O–H groups in total. The molecule has 0 atom stereocenters. The second kappa shape index (κ2) is 12.3. The van der Waals surface area contributed by atoms with Gasteiger partial charge in [-0.25, -0.2) is 18.2 Å². The summed E-state index contributed by atoms with van der Waals surface area (Å²) in [5.41, 5.74) is 2.10. The molecule has 1 amide bonds. The van der Waals surface area contributed by atoms with Crippen molar-refractivity contribution in [3.05, 3.63) is 48.7 Å². The summed E-state index contributed by atoms with van der Waals surface area (Å²) in [7, 11) is -3.26. The Morgan fingerprint density at radius 3 is 2.51 bits per heavy atom. The minimum atomic E-state index is -3.26. The van der Waals surface area contributed by atoms with Gasteiger partial charge in [0.2, 0.25) is 0 Å². The number of nitrogens with one attached hydrogen (secondary N) is 1. The molecule has 4 aromatic rings.